The number of rotatable bonds is 11. The molecule has 13 aliphatic rings. The molecule has 16 heteroatoms. The van der Waals surface area contributed by atoms with Crippen LogP contribution in [0.3, 0.4) is 0 Å². The van der Waals surface area contributed by atoms with Gasteiger partial charge in [-0.2, -0.15) is 0 Å². The van der Waals surface area contributed by atoms with Gasteiger partial charge in [0.15, 0.2) is 11.7 Å². The van der Waals surface area contributed by atoms with E-state index in [0.29, 0.717) is 54.5 Å². The van der Waals surface area contributed by atoms with Crippen LogP contribution in [0.25, 0.3) is 0 Å². The van der Waals surface area contributed by atoms with Crippen LogP contribution in [0.4, 0.5) is 0 Å². The van der Waals surface area contributed by atoms with E-state index in [2.05, 4.69) is 65.2 Å². The highest BCUT2D eigenvalue weighted by Gasteiger charge is 2.80. The van der Waals surface area contributed by atoms with Crippen LogP contribution in [-0.2, 0) is 4.79 Å². The Morgan fingerprint density at radius 3 is 2.52 bits per heavy atom. The Morgan fingerprint density at radius 1 is 0.954 bits per heavy atom. The van der Waals surface area contributed by atoms with Gasteiger partial charge in [0.2, 0.25) is 0 Å². The highest BCUT2D eigenvalue weighted by atomic mass is 33.1. The molecule has 22 unspecified atom stereocenters. The molecule has 6 bridgehead atoms. The van der Waals surface area contributed by atoms with Gasteiger partial charge in [0, 0.05) is 77.0 Å². The van der Waals surface area contributed by atoms with E-state index in [9.17, 15) is 25.5 Å². The van der Waals surface area contributed by atoms with E-state index >= 15 is 9.90 Å². The van der Waals surface area contributed by atoms with Gasteiger partial charge >= 0.3 is 0 Å². The molecule has 2 aliphatic heterocycles. The van der Waals surface area contributed by atoms with Gasteiger partial charge in [0.1, 0.15) is 6.23 Å². The van der Waals surface area contributed by atoms with Crippen molar-refractivity contribution in [2.45, 2.75) is 223 Å². The molecule has 3 spiro atoms. The number of fused-ring (bicyclic) bond motifs is 16. The van der Waals surface area contributed by atoms with Gasteiger partial charge < -0.3 is 56.9 Å². The number of nitrogens with one attached hydrogen (secondary N) is 3. The SMILES string of the molecule is CNCC1C(O)C(O)CC2(CCCC(C)C)C3C(=CC(=O)C12)C1(O)C2CC(C4CC5CCCC6=C5C(C(=C5CC7CCC8CCCC8(C7)C65)C(C)(C)CC(n5ccnc5)CSSC25CCCC52CCNCC2)C4O)C1(CO)CC3CN=C(N)NC(C)O. The molecule has 3 heterocycles. The van der Waals surface area contributed by atoms with Crippen molar-refractivity contribution in [3.05, 3.63) is 52.7 Å². The number of imidazole rings is 1. The van der Waals surface area contributed by atoms with Crippen LogP contribution in [0.15, 0.2) is 57.7 Å². The predicted molar refractivity (Wildman–Crippen MR) is 346 cm³/mol. The van der Waals surface area contributed by atoms with Crippen LogP contribution >= 0.6 is 21.6 Å². The van der Waals surface area contributed by atoms with Gasteiger partial charge in [-0.25, -0.2) is 4.98 Å². The molecule has 87 heavy (non-hydrogen) atoms. The van der Waals surface area contributed by atoms with Crippen LogP contribution in [0.2, 0.25) is 0 Å². The van der Waals surface area contributed by atoms with E-state index in [1.54, 1.807) is 23.6 Å². The van der Waals surface area contributed by atoms with Gasteiger partial charge in [-0.3, -0.25) is 9.79 Å². The molecule has 14 rings (SSSR count). The van der Waals surface area contributed by atoms with E-state index in [1.165, 1.54) is 44.1 Å². The van der Waals surface area contributed by atoms with Crippen LogP contribution in [-0.4, -0.2) is 132 Å². The first kappa shape index (κ1) is 62.2. The summed E-state index contributed by atoms with van der Waals surface area (Å²) in [5.41, 5.74) is 10.0. The predicted octanol–water partition coefficient (Wildman–Crippen LogP) is 9.66. The Morgan fingerprint density at radius 2 is 1.77 bits per heavy atom. The summed E-state index contributed by atoms with van der Waals surface area (Å²) in [5, 5.41) is 89.7. The molecule has 482 valence electrons. The topological polar surface area (TPSA) is 231 Å². The lowest BCUT2D eigenvalue weighted by atomic mass is 9.39. The molecule has 22 atom stereocenters. The Balaban J connectivity index is 1.03. The number of carbonyl (C=O) groups excluding carboxylic acids is 1. The van der Waals surface area contributed by atoms with Gasteiger partial charge in [-0.05, 0) is 230 Å². The standard InChI is InChI=1S/C71H109N7O7S2/c1-40(2)11-8-19-68-34-54(82)62(83)50(36-73-6)60(68)53(81)29-52-58(68)44(35-76-64(72)77-41(3)80)32-69(38-79)51-30-55(71(52,69)85)70(20-10-17-66(70)21-23-74-24-22-66)87-86-37-46(78-26-25-75-39-78)33-65(4,5)61-49-27-42-15-16-45-13-9-18-67(45,31-42)59(49)47-14-7-12-43-28-48(51)63(84)57(61)56(43)47/h25-26,29,39-46,48,50-51,54-55,57-60,62-63,73-74,79-80,82-85H,7-24,27-28,30-38H2,1-6H3,(H3,72,76,77). The van der Waals surface area contributed by atoms with Crippen LogP contribution < -0.4 is 21.7 Å². The highest BCUT2D eigenvalue weighted by Crippen LogP contribution is 2.80. The second-order valence-electron chi connectivity index (χ2n) is 32.8. The van der Waals surface area contributed by atoms with Gasteiger partial charge in [-0.15, -0.1) is 0 Å². The summed E-state index contributed by atoms with van der Waals surface area (Å²) in [5.74, 6) is 0.168. The number of nitrogens with two attached hydrogens (primary N) is 1. The fourth-order valence-electron chi connectivity index (χ4n) is 25.7. The maximum absolute atomic E-state index is 16.3. The zero-order valence-electron chi connectivity index (χ0n) is 53.5. The maximum Gasteiger partial charge on any atom is 0.190 e. The summed E-state index contributed by atoms with van der Waals surface area (Å²) in [6.45, 7) is 13.2. The fraction of sp³-hybridized carbons (Fsp3) is 0.845. The van der Waals surface area contributed by atoms with E-state index in [-0.39, 0.29) is 77.8 Å². The van der Waals surface area contributed by atoms with Crippen LogP contribution in [0, 0.1) is 104 Å². The number of aliphatic hydroxyl groups excluding tert-OH is 5. The number of piperidine rings is 1. The number of aromatic nitrogens is 2. The first-order chi connectivity index (χ1) is 41.7. The Hall–Kier alpha value is -2.25. The van der Waals surface area contributed by atoms with E-state index < -0.39 is 69.4 Å². The number of hydrogen-bond donors (Lipinski definition) is 10. The molecule has 8 saturated carbocycles. The molecule has 2 saturated heterocycles. The van der Waals surface area contributed by atoms with Crippen molar-refractivity contribution in [2.24, 2.45) is 115 Å². The monoisotopic (exact) mass is 1240 g/mol. The fourth-order valence-corrected chi connectivity index (χ4v) is 29.9. The lowest BCUT2D eigenvalue weighted by Gasteiger charge is -2.67. The number of guanidine groups is 1. The molecule has 10 fully saturated rings. The average Bonchev–Trinajstić information content (AvgIpc) is 1.60. The number of aliphatic imine (C=N–C) groups is 1. The molecule has 11 aliphatic carbocycles. The Kier molecular flexibility index (Phi) is 16.5. The first-order valence-electron chi connectivity index (χ1n) is 35.2. The summed E-state index contributed by atoms with van der Waals surface area (Å²) < 4.78 is 1.90. The smallest absolute Gasteiger partial charge is 0.190 e. The number of hydrogen-bond acceptors (Lipinski definition) is 13. The molecule has 11 N–H and O–H groups in total. The number of carbonyl (C=O) groups is 1. The normalized spacial score (nSPS) is 46.6. The molecular formula is C71H109N7O7S2. The van der Waals surface area contributed by atoms with Crippen LogP contribution in [0.5, 0.6) is 0 Å². The molecule has 0 amide bonds. The van der Waals surface area contributed by atoms with E-state index in [1.807, 2.05) is 36.4 Å². The highest BCUT2D eigenvalue weighted by molar-refractivity contribution is 8.77. The number of nitrogens with zero attached hydrogens (tertiary/aromatic N) is 3. The van der Waals surface area contributed by atoms with E-state index in [4.69, 9.17) is 15.7 Å². The van der Waals surface area contributed by atoms with Crippen molar-refractivity contribution in [3.8, 4) is 0 Å². The third-order valence-electron chi connectivity index (χ3n) is 28.2. The quantitative estimate of drug-likeness (QED) is 0.0327. The minimum atomic E-state index is -1.71. The summed E-state index contributed by atoms with van der Waals surface area (Å²) in [6, 6.07) is 0.110. The molecule has 1 aromatic heterocycles. The van der Waals surface area contributed by atoms with Gasteiger partial charge in [0.25, 0.3) is 0 Å². The lowest BCUT2D eigenvalue weighted by molar-refractivity contribution is -0.204. The first-order valence-corrected chi connectivity index (χ1v) is 37.5. The largest absolute Gasteiger partial charge is 0.396 e. The number of ketones is 1. The van der Waals surface area contributed by atoms with Crippen molar-refractivity contribution in [3.63, 3.8) is 0 Å². The molecule has 0 radical (unpaired) electrons. The molecule has 14 nitrogen and oxygen atoms in total. The summed E-state index contributed by atoms with van der Waals surface area (Å²) >= 11 is 0. The van der Waals surface area contributed by atoms with Gasteiger partial charge in [0.05, 0.1) is 36.8 Å². The van der Waals surface area contributed by atoms with E-state index in [0.717, 1.165) is 108 Å². The zero-order chi connectivity index (χ0) is 60.8. The Labute approximate surface area is 527 Å². The minimum absolute atomic E-state index is 0.0919. The molecule has 1 aromatic rings. The molecule has 0 aromatic carbocycles. The summed E-state index contributed by atoms with van der Waals surface area (Å²) in [6.07, 6.45) is 26.8. The average molecular weight is 1240 g/mol. The molecular weight excluding hydrogens is 1130 g/mol. The maximum atomic E-state index is 16.3. The van der Waals surface area contributed by atoms with Crippen molar-refractivity contribution >= 4 is 33.3 Å². The third-order valence-corrected chi connectivity index (χ3v) is 31.7. The van der Waals surface area contributed by atoms with Gasteiger partial charge in [-0.1, -0.05) is 97.3 Å². The second kappa shape index (κ2) is 23.0. The number of allylic oxidation sites excluding steroid dienone is 3. The minimum Gasteiger partial charge on any atom is -0.396 e. The van der Waals surface area contributed by atoms with Crippen LogP contribution in [0.1, 0.15) is 188 Å². The third kappa shape index (κ3) is 9.27. The number of aliphatic hydroxyl groups is 6. The summed E-state index contributed by atoms with van der Waals surface area (Å²) in [4.78, 5) is 26.2. The van der Waals surface area contributed by atoms with Crippen molar-refractivity contribution < 1.29 is 35.4 Å². The van der Waals surface area contributed by atoms with Crippen molar-refractivity contribution in [1.82, 2.24) is 25.5 Å². The Bertz CT molecular complexity index is 2890. The summed E-state index contributed by atoms with van der Waals surface area (Å²) in [7, 11) is 5.92. The second-order valence-corrected chi connectivity index (χ2v) is 35.5. The van der Waals surface area contributed by atoms with Crippen molar-refractivity contribution in [2.75, 3.05) is 45.6 Å². The lowest BCUT2D eigenvalue weighted by Crippen LogP contribution is -2.71. The van der Waals surface area contributed by atoms with Crippen molar-refractivity contribution in [1.29, 1.82) is 0 Å². The zero-order valence-corrected chi connectivity index (χ0v) is 55.2.